The highest BCUT2D eigenvalue weighted by Crippen LogP contribution is 2.29. The fourth-order valence-corrected chi connectivity index (χ4v) is 1.82. The molecule has 0 radical (unpaired) electrons. The molecule has 0 aliphatic carbocycles. The first-order valence-electron chi connectivity index (χ1n) is 6.10. The second-order valence-electron chi connectivity index (χ2n) is 4.35. The zero-order valence-electron chi connectivity index (χ0n) is 11.3. The summed E-state index contributed by atoms with van der Waals surface area (Å²) in [5, 5.41) is 39.4. The molecule has 1 amide bonds. The van der Waals surface area contributed by atoms with Crippen molar-refractivity contribution in [2.24, 2.45) is 0 Å². The molecule has 9 heteroatoms. The maximum Gasteiger partial charge on any atom is 0.356 e. The number of hydrogen-bond donors (Lipinski definition) is 5. The summed E-state index contributed by atoms with van der Waals surface area (Å²) in [4.78, 5) is 37.7. The molecule has 23 heavy (non-hydrogen) atoms. The van der Waals surface area contributed by atoms with Crippen molar-refractivity contribution in [3.05, 3.63) is 47.3 Å². The average molecular weight is 318 g/mol. The van der Waals surface area contributed by atoms with E-state index in [0.29, 0.717) is 0 Å². The first-order valence-corrected chi connectivity index (χ1v) is 6.10. The lowest BCUT2D eigenvalue weighted by Gasteiger charge is -2.10. The van der Waals surface area contributed by atoms with Crippen molar-refractivity contribution in [1.82, 2.24) is 4.98 Å². The molecule has 9 nitrogen and oxygen atoms in total. The molecular formula is C14H10N2O7. The van der Waals surface area contributed by atoms with Crippen LogP contribution in [0, 0.1) is 0 Å². The summed E-state index contributed by atoms with van der Waals surface area (Å²) in [7, 11) is 0. The van der Waals surface area contributed by atoms with Crippen LogP contribution in [0.2, 0.25) is 0 Å². The van der Waals surface area contributed by atoms with Crippen LogP contribution in [0.3, 0.4) is 0 Å². The zero-order valence-corrected chi connectivity index (χ0v) is 11.3. The molecule has 0 aliphatic heterocycles. The van der Waals surface area contributed by atoms with E-state index in [0.717, 1.165) is 12.1 Å². The number of rotatable bonds is 4. The highest BCUT2D eigenvalue weighted by molar-refractivity contribution is 6.10. The third kappa shape index (κ3) is 3.18. The first-order chi connectivity index (χ1) is 10.8. The predicted molar refractivity (Wildman–Crippen MR) is 75.9 cm³/mol. The maximum absolute atomic E-state index is 12.1. The number of aromatic carboxylic acids is 2. The molecule has 5 N–H and O–H groups in total. The molecule has 0 saturated carbocycles. The van der Waals surface area contributed by atoms with Crippen LogP contribution in [0.4, 0.5) is 5.69 Å². The van der Waals surface area contributed by atoms with Crippen molar-refractivity contribution in [2.75, 3.05) is 5.32 Å². The summed E-state index contributed by atoms with van der Waals surface area (Å²) in [5.41, 5.74) is -1.77. The first kappa shape index (κ1) is 15.8. The Morgan fingerprint density at radius 1 is 1.00 bits per heavy atom. The summed E-state index contributed by atoms with van der Waals surface area (Å²) in [6, 6.07) is 4.29. The largest absolute Gasteiger partial charge is 0.508 e. The quantitative estimate of drug-likeness (QED) is 0.525. The number of benzene rings is 1. The Morgan fingerprint density at radius 3 is 2.26 bits per heavy atom. The molecule has 0 atom stereocenters. The number of amides is 1. The lowest BCUT2D eigenvalue weighted by atomic mass is 10.1. The average Bonchev–Trinajstić information content (AvgIpc) is 2.49. The topological polar surface area (TPSA) is 157 Å². The molecule has 2 aromatic rings. The number of carboxylic acids is 2. The van der Waals surface area contributed by atoms with Crippen molar-refractivity contribution >= 4 is 23.5 Å². The molecule has 0 unspecified atom stereocenters. The van der Waals surface area contributed by atoms with Gasteiger partial charge in [0, 0.05) is 6.20 Å². The van der Waals surface area contributed by atoms with Crippen molar-refractivity contribution < 1.29 is 34.8 Å². The normalized spacial score (nSPS) is 10.1. The van der Waals surface area contributed by atoms with Gasteiger partial charge >= 0.3 is 11.9 Å². The van der Waals surface area contributed by atoms with Gasteiger partial charge in [-0.05, 0) is 24.3 Å². The molecular weight excluding hydrogens is 308 g/mol. The Hall–Kier alpha value is -3.62. The van der Waals surface area contributed by atoms with Crippen LogP contribution in [-0.4, -0.2) is 43.3 Å². The van der Waals surface area contributed by atoms with Crippen LogP contribution in [-0.2, 0) is 0 Å². The number of aromatic nitrogens is 1. The molecule has 1 aromatic carbocycles. The Kier molecular flexibility index (Phi) is 4.12. The smallest absolute Gasteiger partial charge is 0.356 e. The van der Waals surface area contributed by atoms with Gasteiger partial charge in [0.05, 0.1) is 11.3 Å². The van der Waals surface area contributed by atoms with Gasteiger partial charge in [0.1, 0.15) is 17.1 Å². The maximum atomic E-state index is 12.1. The van der Waals surface area contributed by atoms with Crippen molar-refractivity contribution in [2.45, 2.75) is 0 Å². The Morgan fingerprint density at radius 2 is 1.65 bits per heavy atom. The standard InChI is InChI=1S/C14H10N2O7/c17-6-4-7(11(18)8(5-6)13(20)21)12(19)16-9-2-1-3-15-10(9)14(22)23/h1-5,17-18H,(H,16,19)(H,20,21)(H,22,23). The predicted octanol–water partition coefficient (Wildman–Crippen LogP) is 1.14. The molecule has 2 rings (SSSR count). The Bertz CT molecular complexity index is 817. The van der Waals surface area contributed by atoms with E-state index in [4.69, 9.17) is 10.2 Å². The summed E-state index contributed by atoms with van der Waals surface area (Å²) < 4.78 is 0. The van der Waals surface area contributed by atoms with Crippen LogP contribution < -0.4 is 5.32 Å². The number of nitrogens with zero attached hydrogens (tertiary/aromatic N) is 1. The second kappa shape index (κ2) is 6.02. The number of carboxylic acid groups (broad SMARTS) is 2. The van der Waals surface area contributed by atoms with Gasteiger partial charge < -0.3 is 25.7 Å². The number of phenolic OH excluding ortho intramolecular Hbond substituents is 1. The summed E-state index contributed by atoms with van der Waals surface area (Å²) in [5.74, 6) is -5.33. The van der Waals surface area contributed by atoms with Crippen LogP contribution in [0.25, 0.3) is 0 Å². The minimum absolute atomic E-state index is 0.149. The monoisotopic (exact) mass is 318 g/mol. The van der Waals surface area contributed by atoms with E-state index in [-0.39, 0.29) is 5.69 Å². The van der Waals surface area contributed by atoms with E-state index in [2.05, 4.69) is 10.3 Å². The number of anilines is 1. The van der Waals surface area contributed by atoms with Gasteiger partial charge in [0.15, 0.2) is 5.69 Å². The van der Waals surface area contributed by atoms with Gasteiger partial charge in [-0.25, -0.2) is 14.6 Å². The summed E-state index contributed by atoms with van der Waals surface area (Å²) in [6.07, 6.45) is 1.22. The van der Waals surface area contributed by atoms with Crippen LogP contribution in [0.15, 0.2) is 30.5 Å². The molecule has 0 bridgehead atoms. The highest BCUT2D eigenvalue weighted by Gasteiger charge is 2.22. The van der Waals surface area contributed by atoms with Gasteiger partial charge in [0.2, 0.25) is 0 Å². The van der Waals surface area contributed by atoms with Gasteiger partial charge in [-0.1, -0.05) is 0 Å². The van der Waals surface area contributed by atoms with Gasteiger partial charge in [0.25, 0.3) is 5.91 Å². The second-order valence-corrected chi connectivity index (χ2v) is 4.35. The number of hydrogen-bond acceptors (Lipinski definition) is 6. The minimum atomic E-state index is -1.54. The number of pyridine rings is 1. The van der Waals surface area contributed by atoms with Crippen molar-refractivity contribution in [3.8, 4) is 11.5 Å². The molecule has 1 aromatic heterocycles. The van der Waals surface area contributed by atoms with E-state index < -0.39 is 46.2 Å². The minimum Gasteiger partial charge on any atom is -0.508 e. The third-order valence-corrected chi connectivity index (χ3v) is 2.83. The number of carbonyl (C=O) groups excluding carboxylic acids is 1. The van der Waals surface area contributed by atoms with Gasteiger partial charge in [-0.2, -0.15) is 0 Å². The number of phenols is 2. The van der Waals surface area contributed by atoms with E-state index in [1.54, 1.807) is 0 Å². The fourth-order valence-electron chi connectivity index (χ4n) is 1.82. The number of nitrogens with one attached hydrogen (secondary N) is 1. The van der Waals surface area contributed by atoms with Crippen molar-refractivity contribution in [3.63, 3.8) is 0 Å². The summed E-state index contributed by atoms with van der Waals surface area (Å²) in [6.45, 7) is 0. The number of aromatic hydroxyl groups is 2. The van der Waals surface area contributed by atoms with Gasteiger partial charge in [-0.15, -0.1) is 0 Å². The van der Waals surface area contributed by atoms with Crippen molar-refractivity contribution in [1.29, 1.82) is 0 Å². The lowest BCUT2D eigenvalue weighted by molar-refractivity contribution is 0.0681. The number of carbonyl (C=O) groups is 3. The summed E-state index contributed by atoms with van der Waals surface area (Å²) >= 11 is 0. The van der Waals surface area contributed by atoms with E-state index in [1.807, 2.05) is 0 Å². The Labute approximate surface area is 128 Å². The molecule has 118 valence electrons. The molecule has 0 fully saturated rings. The third-order valence-electron chi connectivity index (χ3n) is 2.83. The molecule has 1 heterocycles. The molecule has 0 spiro atoms. The highest BCUT2D eigenvalue weighted by atomic mass is 16.4. The van der Waals surface area contributed by atoms with Crippen LogP contribution >= 0.6 is 0 Å². The molecule has 0 aliphatic rings. The van der Waals surface area contributed by atoms with E-state index >= 15 is 0 Å². The Balaban J connectivity index is 2.43. The van der Waals surface area contributed by atoms with E-state index in [1.165, 1.54) is 18.3 Å². The van der Waals surface area contributed by atoms with Crippen LogP contribution in [0.5, 0.6) is 11.5 Å². The fraction of sp³-hybridized carbons (Fsp3) is 0. The van der Waals surface area contributed by atoms with E-state index in [9.17, 15) is 24.6 Å². The van der Waals surface area contributed by atoms with Gasteiger partial charge in [-0.3, -0.25) is 4.79 Å². The zero-order chi connectivity index (χ0) is 17.1. The SMILES string of the molecule is O=C(O)c1cc(O)cc(C(=O)Nc2cccnc2C(=O)O)c1O. The molecule has 0 saturated heterocycles. The lowest BCUT2D eigenvalue weighted by Crippen LogP contribution is -2.16. The van der Waals surface area contributed by atoms with Crippen LogP contribution in [0.1, 0.15) is 31.2 Å².